The van der Waals surface area contributed by atoms with Crippen molar-refractivity contribution < 1.29 is 31.1 Å². The lowest BCUT2D eigenvalue weighted by molar-refractivity contribution is -0.274. The minimum atomic E-state index is -5.06. The average Bonchev–Trinajstić information content (AvgIpc) is 1.97. The molecule has 0 fully saturated rings. The van der Waals surface area contributed by atoms with Crippen LogP contribution < -0.4 is 10.5 Å². The van der Waals surface area contributed by atoms with Crippen LogP contribution in [0.25, 0.3) is 0 Å². The van der Waals surface area contributed by atoms with Gasteiger partial charge in [-0.1, -0.05) is 0 Å². The Bertz CT molecular complexity index is 383. The molecule has 0 amide bonds. The third-order valence-electron chi connectivity index (χ3n) is 1.49. The number of anilines is 1. The molecule has 0 unspecified atom stereocenters. The van der Waals surface area contributed by atoms with Gasteiger partial charge >= 0.3 is 12.5 Å². The summed E-state index contributed by atoms with van der Waals surface area (Å²) in [5.74, 6) is -1.00. The zero-order valence-corrected chi connectivity index (χ0v) is 7.49. The molecule has 0 bridgehead atoms. The van der Waals surface area contributed by atoms with E-state index in [1.54, 1.807) is 0 Å². The van der Waals surface area contributed by atoms with Gasteiger partial charge < -0.3 is 10.5 Å². The fraction of sp³-hybridized carbons (Fsp3) is 0.250. The van der Waals surface area contributed by atoms with Gasteiger partial charge in [-0.15, -0.1) is 13.2 Å². The molecule has 0 atom stereocenters. The average molecular weight is 245 g/mol. The summed E-state index contributed by atoms with van der Waals surface area (Å²) in [6.45, 7) is 0. The molecule has 2 nitrogen and oxygen atoms in total. The van der Waals surface area contributed by atoms with Crippen LogP contribution in [-0.2, 0) is 6.18 Å². The zero-order valence-electron chi connectivity index (χ0n) is 7.49. The third kappa shape index (κ3) is 3.52. The maximum Gasteiger partial charge on any atom is 0.573 e. The zero-order chi connectivity index (χ0) is 12.6. The third-order valence-corrected chi connectivity index (χ3v) is 1.49. The van der Waals surface area contributed by atoms with Gasteiger partial charge in [-0.05, 0) is 12.1 Å². The summed E-state index contributed by atoms with van der Waals surface area (Å²) in [6, 6.07) is 1.40. The quantitative estimate of drug-likeness (QED) is 0.609. The standard InChI is InChI=1S/C8H5F6NO/c9-7(10,11)4-1-5(15)3-6(2-4)16-8(12,13)14/h1-3H,15H2. The monoisotopic (exact) mass is 245 g/mol. The predicted octanol–water partition coefficient (Wildman–Crippen LogP) is 3.19. The largest absolute Gasteiger partial charge is 0.573 e. The first kappa shape index (κ1) is 12.5. The van der Waals surface area contributed by atoms with E-state index in [9.17, 15) is 26.3 Å². The van der Waals surface area contributed by atoms with Crippen molar-refractivity contribution in [1.29, 1.82) is 0 Å². The van der Waals surface area contributed by atoms with E-state index in [4.69, 9.17) is 5.73 Å². The molecule has 0 spiro atoms. The van der Waals surface area contributed by atoms with E-state index in [-0.39, 0.29) is 6.07 Å². The van der Waals surface area contributed by atoms with Crippen LogP contribution in [-0.4, -0.2) is 6.36 Å². The van der Waals surface area contributed by atoms with E-state index in [0.29, 0.717) is 12.1 Å². The van der Waals surface area contributed by atoms with Crippen LogP contribution in [0.4, 0.5) is 32.0 Å². The summed E-state index contributed by atoms with van der Waals surface area (Å²) >= 11 is 0. The fourth-order valence-electron chi connectivity index (χ4n) is 0.978. The molecule has 0 radical (unpaired) electrons. The number of ether oxygens (including phenoxy) is 1. The highest BCUT2D eigenvalue weighted by atomic mass is 19.4. The molecule has 0 heterocycles. The number of rotatable bonds is 1. The molecule has 1 aromatic rings. The second-order valence-electron chi connectivity index (χ2n) is 2.84. The molecule has 0 aromatic heterocycles. The number of nitrogen functional groups attached to an aromatic ring is 1. The van der Waals surface area contributed by atoms with E-state index >= 15 is 0 Å². The van der Waals surface area contributed by atoms with Gasteiger partial charge in [0.25, 0.3) is 0 Å². The van der Waals surface area contributed by atoms with Crippen molar-refractivity contribution >= 4 is 5.69 Å². The van der Waals surface area contributed by atoms with Gasteiger partial charge in [0.2, 0.25) is 0 Å². The first-order valence-corrected chi connectivity index (χ1v) is 3.81. The number of nitrogens with two attached hydrogens (primary N) is 1. The van der Waals surface area contributed by atoms with Crippen molar-refractivity contribution in [3.63, 3.8) is 0 Å². The number of alkyl halides is 6. The van der Waals surface area contributed by atoms with Crippen LogP contribution >= 0.6 is 0 Å². The van der Waals surface area contributed by atoms with Gasteiger partial charge in [0.05, 0.1) is 5.56 Å². The van der Waals surface area contributed by atoms with E-state index in [0.717, 1.165) is 0 Å². The number of hydrogen-bond acceptors (Lipinski definition) is 2. The molecule has 90 valence electrons. The highest BCUT2D eigenvalue weighted by Gasteiger charge is 2.34. The van der Waals surface area contributed by atoms with Gasteiger partial charge in [0.15, 0.2) is 0 Å². The van der Waals surface area contributed by atoms with Crippen LogP contribution in [0.2, 0.25) is 0 Å². The molecule has 0 saturated carbocycles. The minimum Gasteiger partial charge on any atom is -0.406 e. The number of halogens is 6. The number of benzene rings is 1. The second-order valence-corrected chi connectivity index (χ2v) is 2.84. The summed E-state index contributed by atoms with van der Waals surface area (Å²) in [4.78, 5) is 0. The summed E-state index contributed by atoms with van der Waals surface area (Å²) in [6.07, 6.45) is -9.84. The summed E-state index contributed by atoms with van der Waals surface area (Å²) in [5.41, 5.74) is 3.26. The van der Waals surface area contributed by atoms with Crippen LogP contribution in [0.5, 0.6) is 5.75 Å². The molecular weight excluding hydrogens is 240 g/mol. The first-order chi connectivity index (χ1) is 7.08. The lowest BCUT2D eigenvalue weighted by atomic mass is 10.2. The van der Waals surface area contributed by atoms with E-state index in [1.807, 2.05) is 0 Å². The molecule has 16 heavy (non-hydrogen) atoms. The van der Waals surface area contributed by atoms with E-state index in [1.165, 1.54) is 0 Å². The Morgan fingerprint density at radius 1 is 0.938 bits per heavy atom. The Morgan fingerprint density at radius 3 is 1.94 bits per heavy atom. The van der Waals surface area contributed by atoms with Crippen molar-refractivity contribution in [2.75, 3.05) is 5.73 Å². The summed E-state index contributed by atoms with van der Waals surface area (Å²) < 4.78 is 75.2. The molecule has 0 saturated heterocycles. The van der Waals surface area contributed by atoms with Crippen molar-refractivity contribution in [2.24, 2.45) is 0 Å². The van der Waals surface area contributed by atoms with E-state index < -0.39 is 29.5 Å². The van der Waals surface area contributed by atoms with Crippen molar-refractivity contribution in [1.82, 2.24) is 0 Å². The summed E-state index contributed by atoms with van der Waals surface area (Å²) in [7, 11) is 0. The van der Waals surface area contributed by atoms with Crippen molar-refractivity contribution in [2.45, 2.75) is 12.5 Å². The number of hydrogen-bond donors (Lipinski definition) is 1. The Labute approximate surface area is 85.6 Å². The molecule has 8 heteroatoms. The Kier molecular flexibility index (Phi) is 2.93. The normalized spacial score (nSPS) is 12.6. The molecular formula is C8H5F6NO. The minimum absolute atomic E-state index is 0.226. The van der Waals surface area contributed by atoms with Crippen LogP contribution in [0.3, 0.4) is 0 Å². The maximum atomic E-state index is 12.2. The van der Waals surface area contributed by atoms with Gasteiger partial charge in [-0.3, -0.25) is 0 Å². The van der Waals surface area contributed by atoms with Gasteiger partial charge in [-0.2, -0.15) is 13.2 Å². The Morgan fingerprint density at radius 2 is 1.50 bits per heavy atom. The molecule has 1 rings (SSSR count). The molecule has 0 aliphatic carbocycles. The molecule has 2 N–H and O–H groups in total. The topological polar surface area (TPSA) is 35.2 Å². The van der Waals surface area contributed by atoms with Crippen molar-refractivity contribution in [3.8, 4) is 5.75 Å². The maximum absolute atomic E-state index is 12.2. The predicted molar refractivity (Wildman–Crippen MR) is 42.5 cm³/mol. The summed E-state index contributed by atoms with van der Waals surface area (Å²) in [5, 5.41) is 0. The SMILES string of the molecule is Nc1cc(OC(F)(F)F)cc(C(F)(F)F)c1. The van der Waals surface area contributed by atoms with Crippen LogP contribution in [0, 0.1) is 0 Å². The Balaban J connectivity index is 3.09. The van der Waals surface area contributed by atoms with E-state index in [2.05, 4.69) is 4.74 Å². The Hall–Kier alpha value is -1.60. The fourth-order valence-corrected chi connectivity index (χ4v) is 0.978. The van der Waals surface area contributed by atoms with Crippen LogP contribution in [0.15, 0.2) is 18.2 Å². The van der Waals surface area contributed by atoms with Gasteiger partial charge in [0.1, 0.15) is 5.75 Å². The van der Waals surface area contributed by atoms with Crippen LogP contribution in [0.1, 0.15) is 5.56 Å². The molecule has 0 aliphatic heterocycles. The first-order valence-electron chi connectivity index (χ1n) is 3.81. The lowest BCUT2D eigenvalue weighted by Gasteiger charge is -2.12. The highest BCUT2D eigenvalue weighted by Crippen LogP contribution is 2.34. The lowest BCUT2D eigenvalue weighted by Crippen LogP contribution is -2.18. The second kappa shape index (κ2) is 3.76. The van der Waals surface area contributed by atoms with Gasteiger partial charge in [-0.25, -0.2) is 0 Å². The highest BCUT2D eigenvalue weighted by molar-refractivity contribution is 5.48. The molecule has 0 aliphatic rings. The van der Waals surface area contributed by atoms with Crippen molar-refractivity contribution in [3.05, 3.63) is 23.8 Å². The van der Waals surface area contributed by atoms with Gasteiger partial charge in [0, 0.05) is 11.8 Å². The molecule has 1 aromatic carbocycles. The smallest absolute Gasteiger partial charge is 0.406 e.